The smallest absolute Gasteiger partial charge is 0.256 e. The Hall–Kier alpha value is -1.22. The SMILES string of the molecule is CCCNC(=O)c1c(Cl)cccc1OC1(C)CCCCC1. The third-order valence-corrected chi connectivity index (χ3v) is 4.32. The summed E-state index contributed by atoms with van der Waals surface area (Å²) in [5.41, 5.74) is 0.266. The number of amides is 1. The monoisotopic (exact) mass is 309 g/mol. The minimum absolute atomic E-state index is 0.156. The molecule has 0 atom stereocenters. The summed E-state index contributed by atoms with van der Waals surface area (Å²) in [6.07, 6.45) is 6.55. The molecule has 1 fully saturated rings. The van der Waals surface area contributed by atoms with E-state index in [-0.39, 0.29) is 11.5 Å². The molecule has 1 aliphatic carbocycles. The first-order chi connectivity index (χ1) is 10.1. The van der Waals surface area contributed by atoms with Crippen LogP contribution in [0.1, 0.15) is 62.7 Å². The summed E-state index contributed by atoms with van der Waals surface area (Å²) in [5.74, 6) is 0.442. The first-order valence-electron chi connectivity index (χ1n) is 7.81. The second-order valence-corrected chi connectivity index (χ2v) is 6.39. The number of nitrogens with one attached hydrogen (secondary N) is 1. The zero-order chi connectivity index (χ0) is 15.3. The van der Waals surface area contributed by atoms with Crippen molar-refractivity contribution >= 4 is 17.5 Å². The second-order valence-electron chi connectivity index (χ2n) is 5.98. The largest absolute Gasteiger partial charge is 0.487 e. The molecule has 4 heteroatoms. The van der Waals surface area contributed by atoms with Gasteiger partial charge in [0.05, 0.1) is 10.6 Å². The molecule has 1 aliphatic rings. The maximum absolute atomic E-state index is 12.3. The molecule has 1 aromatic rings. The van der Waals surface area contributed by atoms with E-state index in [1.807, 2.05) is 19.1 Å². The zero-order valence-electron chi connectivity index (χ0n) is 12.9. The first-order valence-corrected chi connectivity index (χ1v) is 8.19. The van der Waals surface area contributed by atoms with Crippen LogP contribution in [0.4, 0.5) is 0 Å². The highest BCUT2D eigenvalue weighted by Crippen LogP contribution is 2.35. The van der Waals surface area contributed by atoms with E-state index in [0.29, 0.717) is 22.9 Å². The fourth-order valence-electron chi connectivity index (χ4n) is 2.80. The molecule has 21 heavy (non-hydrogen) atoms. The van der Waals surface area contributed by atoms with E-state index < -0.39 is 0 Å². The van der Waals surface area contributed by atoms with Gasteiger partial charge in [-0.3, -0.25) is 4.79 Å². The lowest BCUT2D eigenvalue weighted by molar-refractivity contribution is 0.0474. The van der Waals surface area contributed by atoms with Crippen LogP contribution in [-0.4, -0.2) is 18.1 Å². The van der Waals surface area contributed by atoms with Gasteiger partial charge < -0.3 is 10.1 Å². The van der Waals surface area contributed by atoms with E-state index in [0.717, 1.165) is 19.3 Å². The lowest BCUT2D eigenvalue weighted by Crippen LogP contribution is -2.35. The summed E-state index contributed by atoms with van der Waals surface area (Å²) in [5, 5.41) is 3.32. The summed E-state index contributed by atoms with van der Waals surface area (Å²) in [7, 11) is 0. The number of halogens is 1. The molecule has 0 aromatic heterocycles. The zero-order valence-corrected chi connectivity index (χ0v) is 13.6. The van der Waals surface area contributed by atoms with Crippen LogP contribution in [0.2, 0.25) is 5.02 Å². The lowest BCUT2D eigenvalue weighted by Gasteiger charge is -2.35. The van der Waals surface area contributed by atoms with Gasteiger partial charge in [-0.1, -0.05) is 31.0 Å². The normalized spacial score (nSPS) is 17.3. The number of ether oxygens (including phenoxy) is 1. The highest BCUT2D eigenvalue weighted by molar-refractivity contribution is 6.34. The fourth-order valence-corrected chi connectivity index (χ4v) is 3.06. The quantitative estimate of drug-likeness (QED) is 0.864. The van der Waals surface area contributed by atoms with Gasteiger partial charge in [0, 0.05) is 6.54 Å². The Kier molecular flexibility index (Phi) is 5.51. The van der Waals surface area contributed by atoms with Gasteiger partial charge in [-0.2, -0.15) is 0 Å². The van der Waals surface area contributed by atoms with Crippen LogP contribution in [0.5, 0.6) is 5.75 Å². The molecule has 1 amide bonds. The van der Waals surface area contributed by atoms with Crippen molar-refractivity contribution in [2.75, 3.05) is 6.54 Å². The van der Waals surface area contributed by atoms with Crippen LogP contribution in [0.25, 0.3) is 0 Å². The van der Waals surface area contributed by atoms with Crippen LogP contribution >= 0.6 is 11.6 Å². The molecule has 116 valence electrons. The molecule has 2 rings (SSSR count). The predicted octanol–water partition coefficient (Wildman–Crippen LogP) is 4.58. The fraction of sp³-hybridized carbons (Fsp3) is 0.588. The van der Waals surface area contributed by atoms with Crippen molar-refractivity contribution in [3.8, 4) is 5.75 Å². The Balaban J connectivity index is 2.22. The third-order valence-electron chi connectivity index (χ3n) is 4.01. The Morgan fingerprint density at radius 2 is 2.05 bits per heavy atom. The summed E-state index contributed by atoms with van der Waals surface area (Å²) in [6.45, 7) is 4.79. The topological polar surface area (TPSA) is 38.3 Å². The van der Waals surface area contributed by atoms with Crippen LogP contribution in [0.15, 0.2) is 18.2 Å². The lowest BCUT2D eigenvalue weighted by atomic mass is 9.86. The Morgan fingerprint density at radius 3 is 2.71 bits per heavy atom. The van der Waals surface area contributed by atoms with Crippen molar-refractivity contribution in [2.45, 2.75) is 58.0 Å². The number of hydrogen-bond donors (Lipinski definition) is 1. The summed E-state index contributed by atoms with van der Waals surface area (Å²) in [4.78, 5) is 12.3. The second kappa shape index (κ2) is 7.17. The molecular weight excluding hydrogens is 286 g/mol. The van der Waals surface area contributed by atoms with Gasteiger partial charge in [0.2, 0.25) is 0 Å². The number of rotatable bonds is 5. The number of carbonyl (C=O) groups excluding carboxylic acids is 1. The number of hydrogen-bond acceptors (Lipinski definition) is 2. The third kappa shape index (κ3) is 4.13. The highest BCUT2D eigenvalue weighted by atomic mass is 35.5. The minimum atomic E-state index is -0.192. The van der Waals surface area contributed by atoms with Crippen molar-refractivity contribution in [3.63, 3.8) is 0 Å². The standard InChI is InChI=1S/C17H24ClNO2/c1-3-12-19-16(20)15-13(18)8-7-9-14(15)21-17(2)10-5-4-6-11-17/h7-9H,3-6,10-12H2,1-2H3,(H,19,20). The van der Waals surface area contributed by atoms with Gasteiger partial charge in [-0.25, -0.2) is 0 Å². The van der Waals surface area contributed by atoms with Crippen molar-refractivity contribution in [2.24, 2.45) is 0 Å². The molecule has 3 nitrogen and oxygen atoms in total. The van der Waals surface area contributed by atoms with Gasteiger partial charge >= 0.3 is 0 Å². The first kappa shape index (κ1) is 16.2. The Bertz CT molecular complexity index is 496. The molecule has 0 radical (unpaired) electrons. The molecule has 1 saturated carbocycles. The van der Waals surface area contributed by atoms with Crippen LogP contribution in [0.3, 0.4) is 0 Å². The van der Waals surface area contributed by atoms with Gasteiger partial charge in [0.25, 0.3) is 5.91 Å². The van der Waals surface area contributed by atoms with Gasteiger partial charge in [-0.05, 0) is 51.2 Å². The molecule has 0 unspecified atom stereocenters. The summed E-state index contributed by atoms with van der Waals surface area (Å²) < 4.78 is 6.21. The van der Waals surface area contributed by atoms with Crippen molar-refractivity contribution in [1.82, 2.24) is 5.32 Å². The average Bonchev–Trinajstić information content (AvgIpc) is 2.45. The van der Waals surface area contributed by atoms with E-state index in [4.69, 9.17) is 16.3 Å². The molecule has 0 saturated heterocycles. The van der Waals surface area contributed by atoms with Crippen molar-refractivity contribution < 1.29 is 9.53 Å². The van der Waals surface area contributed by atoms with E-state index in [1.165, 1.54) is 19.3 Å². The minimum Gasteiger partial charge on any atom is -0.487 e. The molecule has 1 aromatic carbocycles. The Labute approximate surface area is 132 Å². The van der Waals surface area contributed by atoms with Gasteiger partial charge in [0.15, 0.2) is 0 Å². The maximum atomic E-state index is 12.3. The van der Waals surface area contributed by atoms with Gasteiger partial charge in [0.1, 0.15) is 11.4 Å². The molecule has 0 aliphatic heterocycles. The van der Waals surface area contributed by atoms with Gasteiger partial charge in [-0.15, -0.1) is 0 Å². The average molecular weight is 310 g/mol. The van der Waals surface area contributed by atoms with E-state index in [9.17, 15) is 4.79 Å². The van der Waals surface area contributed by atoms with E-state index in [1.54, 1.807) is 6.07 Å². The van der Waals surface area contributed by atoms with Crippen molar-refractivity contribution in [1.29, 1.82) is 0 Å². The molecule has 0 spiro atoms. The van der Waals surface area contributed by atoms with Crippen LogP contribution < -0.4 is 10.1 Å². The molecule has 0 bridgehead atoms. The summed E-state index contributed by atoms with van der Waals surface area (Å²) in [6, 6.07) is 5.41. The maximum Gasteiger partial charge on any atom is 0.256 e. The van der Waals surface area contributed by atoms with Crippen molar-refractivity contribution in [3.05, 3.63) is 28.8 Å². The number of carbonyl (C=O) groups is 1. The summed E-state index contributed by atoms with van der Waals surface area (Å²) >= 11 is 6.23. The molecule has 0 heterocycles. The number of benzene rings is 1. The van der Waals surface area contributed by atoms with E-state index in [2.05, 4.69) is 12.2 Å². The Morgan fingerprint density at radius 1 is 1.33 bits per heavy atom. The predicted molar refractivity (Wildman–Crippen MR) is 86.2 cm³/mol. The molecule has 1 N–H and O–H groups in total. The van der Waals surface area contributed by atoms with Crippen LogP contribution in [0, 0.1) is 0 Å². The molecular formula is C17H24ClNO2. The highest BCUT2D eigenvalue weighted by Gasteiger charge is 2.30. The van der Waals surface area contributed by atoms with Crippen LogP contribution in [-0.2, 0) is 0 Å². The van der Waals surface area contributed by atoms with E-state index >= 15 is 0 Å².